The van der Waals surface area contributed by atoms with Crippen LogP contribution in [0, 0.1) is 0 Å². The molecule has 0 aromatic rings. The molecule has 1 atom stereocenters. The molecule has 8 nitrogen and oxygen atoms in total. The average molecular weight is 263 g/mol. The van der Waals surface area contributed by atoms with Gasteiger partial charge in [0.05, 0.1) is 13.2 Å². The summed E-state index contributed by atoms with van der Waals surface area (Å²) in [6, 6.07) is -0.376. The lowest BCUT2D eigenvalue weighted by Gasteiger charge is -2.19. The van der Waals surface area contributed by atoms with Crippen LogP contribution < -0.4 is 5.73 Å². The fraction of sp³-hybridized carbons (Fsp3) is 1.00. The highest BCUT2D eigenvalue weighted by Crippen LogP contribution is 2.59. The zero-order valence-electron chi connectivity index (χ0n) is 8.05. The molecular formula is C5H15NO7P2. The van der Waals surface area contributed by atoms with E-state index >= 15 is 0 Å². The molecule has 0 heterocycles. The summed E-state index contributed by atoms with van der Waals surface area (Å²) in [6.07, 6.45) is 0. The third-order valence-electron chi connectivity index (χ3n) is 1.42. The predicted molar refractivity (Wildman–Crippen MR) is 52.3 cm³/mol. The largest absolute Gasteiger partial charge is 0.378 e. The van der Waals surface area contributed by atoms with Crippen LogP contribution in [0.15, 0.2) is 0 Å². The van der Waals surface area contributed by atoms with Crippen molar-refractivity contribution >= 4 is 15.2 Å². The molecule has 0 aromatic carbocycles. The van der Waals surface area contributed by atoms with Gasteiger partial charge in [-0.15, -0.1) is 0 Å². The van der Waals surface area contributed by atoms with E-state index in [4.69, 9.17) is 30.0 Å². The third kappa shape index (κ3) is 6.40. The quantitative estimate of drug-likeness (QED) is 0.384. The van der Waals surface area contributed by atoms with Crippen LogP contribution >= 0.6 is 15.2 Å². The first-order chi connectivity index (χ1) is 6.55. The molecule has 0 spiro atoms. The van der Waals surface area contributed by atoms with Crippen molar-refractivity contribution in [1.29, 1.82) is 0 Å². The summed E-state index contributed by atoms with van der Waals surface area (Å²) in [6.45, 7) is 0.830. The van der Waals surface area contributed by atoms with Gasteiger partial charge in [0.15, 0.2) is 5.40 Å². The summed E-state index contributed by atoms with van der Waals surface area (Å²) < 4.78 is 26.2. The highest BCUT2D eigenvalue weighted by atomic mass is 31.2. The average Bonchev–Trinajstić information content (AvgIpc) is 1.92. The van der Waals surface area contributed by atoms with Crippen LogP contribution in [0.1, 0.15) is 6.92 Å². The second-order valence-corrected chi connectivity index (χ2v) is 7.18. The fourth-order valence-corrected chi connectivity index (χ4v) is 2.92. The Hall–Kier alpha value is 0.220. The zero-order valence-corrected chi connectivity index (χ0v) is 9.84. The maximum atomic E-state index is 10.7. The highest BCUT2D eigenvalue weighted by molar-refractivity contribution is 7.70. The summed E-state index contributed by atoms with van der Waals surface area (Å²) in [5.41, 5.74) is 5.28. The van der Waals surface area contributed by atoms with Crippen LogP contribution in [0.25, 0.3) is 0 Å². The molecule has 0 rings (SSSR count). The number of rotatable bonds is 6. The van der Waals surface area contributed by atoms with E-state index in [9.17, 15) is 9.13 Å². The maximum Gasteiger partial charge on any atom is 0.343 e. The first kappa shape index (κ1) is 15.2. The first-order valence-corrected chi connectivity index (χ1v) is 7.35. The van der Waals surface area contributed by atoms with Crippen molar-refractivity contribution in [2.75, 3.05) is 13.2 Å². The van der Waals surface area contributed by atoms with E-state index in [1.54, 1.807) is 6.92 Å². The van der Waals surface area contributed by atoms with E-state index in [-0.39, 0.29) is 12.6 Å². The Morgan fingerprint density at radius 2 is 1.53 bits per heavy atom. The third-order valence-corrected chi connectivity index (χ3v) is 5.08. The van der Waals surface area contributed by atoms with E-state index < -0.39 is 27.2 Å². The minimum atomic E-state index is -4.89. The van der Waals surface area contributed by atoms with Crippen LogP contribution in [0.5, 0.6) is 0 Å². The number of hydrogen-bond donors (Lipinski definition) is 5. The Balaban J connectivity index is 4.43. The molecule has 0 bridgehead atoms. The minimum Gasteiger partial charge on any atom is -0.378 e. The van der Waals surface area contributed by atoms with Gasteiger partial charge in [0.2, 0.25) is 0 Å². The number of ether oxygens (including phenoxy) is 1. The normalized spacial score (nSPS) is 15.7. The molecule has 10 heteroatoms. The summed E-state index contributed by atoms with van der Waals surface area (Å²) in [4.78, 5) is 34.7. The van der Waals surface area contributed by atoms with Gasteiger partial charge in [-0.25, -0.2) is 0 Å². The van der Waals surface area contributed by atoms with Gasteiger partial charge < -0.3 is 30.0 Å². The molecule has 0 unspecified atom stereocenters. The lowest BCUT2D eigenvalue weighted by molar-refractivity contribution is 0.125. The Morgan fingerprint density at radius 3 is 1.80 bits per heavy atom. The molecule has 92 valence electrons. The van der Waals surface area contributed by atoms with Crippen molar-refractivity contribution in [3.8, 4) is 0 Å². The molecule has 0 amide bonds. The Morgan fingerprint density at radius 1 is 1.13 bits per heavy atom. The summed E-state index contributed by atoms with van der Waals surface area (Å²) in [7, 11) is -9.77. The van der Waals surface area contributed by atoms with Gasteiger partial charge >= 0.3 is 15.2 Å². The molecule has 0 aromatic heterocycles. The lowest BCUT2D eigenvalue weighted by Crippen LogP contribution is -2.25. The van der Waals surface area contributed by atoms with E-state index in [1.165, 1.54) is 0 Å². The molecule has 0 fully saturated rings. The molecule has 0 aliphatic heterocycles. The van der Waals surface area contributed by atoms with Gasteiger partial charge in [0.25, 0.3) is 0 Å². The van der Waals surface area contributed by atoms with Crippen LogP contribution in [0.4, 0.5) is 0 Å². The van der Waals surface area contributed by atoms with Crippen molar-refractivity contribution in [3.63, 3.8) is 0 Å². The van der Waals surface area contributed by atoms with Gasteiger partial charge in [-0.1, -0.05) is 0 Å². The predicted octanol–water partition coefficient (Wildman–Crippen LogP) is -0.968. The minimum absolute atomic E-state index is 0.0312. The molecular weight excluding hydrogens is 248 g/mol. The monoisotopic (exact) mass is 263 g/mol. The number of hydrogen-bond acceptors (Lipinski definition) is 4. The zero-order chi connectivity index (χ0) is 12.3. The second kappa shape index (κ2) is 5.52. The van der Waals surface area contributed by atoms with Gasteiger partial charge in [-0.2, -0.15) is 0 Å². The Bertz CT molecular complexity index is 259. The van der Waals surface area contributed by atoms with Gasteiger partial charge in [0.1, 0.15) is 0 Å². The molecule has 6 N–H and O–H groups in total. The standard InChI is InChI=1S/C5H15NO7P2/c1-4(6)2-13-3-5(14(7,8)9)15(10,11)12/h4-5H,2-3,6H2,1H3,(H2,7,8,9)(H2,10,11,12)/t4-/m0/s1. The fourth-order valence-electron chi connectivity index (χ4n) is 0.749. The number of nitrogens with two attached hydrogens (primary N) is 1. The van der Waals surface area contributed by atoms with Crippen LogP contribution in [0.2, 0.25) is 0 Å². The molecule has 0 saturated heterocycles. The topological polar surface area (TPSA) is 150 Å². The summed E-state index contributed by atoms with van der Waals surface area (Å²) in [5, 5.41) is -2.12. The van der Waals surface area contributed by atoms with Crippen molar-refractivity contribution in [2.45, 2.75) is 18.4 Å². The molecule has 0 aliphatic rings. The first-order valence-electron chi connectivity index (χ1n) is 3.99. The molecule has 15 heavy (non-hydrogen) atoms. The van der Waals surface area contributed by atoms with Gasteiger partial charge in [0, 0.05) is 6.04 Å². The van der Waals surface area contributed by atoms with Crippen molar-refractivity contribution < 1.29 is 33.4 Å². The van der Waals surface area contributed by atoms with Crippen LogP contribution in [0.3, 0.4) is 0 Å². The molecule has 0 saturated carbocycles. The van der Waals surface area contributed by atoms with Crippen molar-refractivity contribution in [3.05, 3.63) is 0 Å². The second-order valence-electron chi connectivity index (χ2n) is 3.17. The maximum absolute atomic E-state index is 10.7. The highest BCUT2D eigenvalue weighted by Gasteiger charge is 2.43. The van der Waals surface area contributed by atoms with E-state index in [1.807, 2.05) is 0 Å². The smallest absolute Gasteiger partial charge is 0.343 e. The van der Waals surface area contributed by atoms with Crippen molar-refractivity contribution in [2.24, 2.45) is 5.73 Å². The van der Waals surface area contributed by atoms with Gasteiger partial charge in [-0.05, 0) is 6.92 Å². The van der Waals surface area contributed by atoms with Crippen LogP contribution in [-0.2, 0) is 13.9 Å². The summed E-state index contributed by atoms with van der Waals surface area (Å²) in [5.74, 6) is 0. The van der Waals surface area contributed by atoms with E-state index in [2.05, 4.69) is 0 Å². The SMILES string of the molecule is C[C@H](N)COCC(P(=O)(O)O)P(=O)(O)O. The molecule has 0 aliphatic carbocycles. The van der Waals surface area contributed by atoms with E-state index in [0.717, 1.165) is 0 Å². The Labute approximate surface area is 86.8 Å². The Kier molecular flexibility index (Phi) is 5.60. The lowest BCUT2D eigenvalue weighted by atomic mass is 10.4. The van der Waals surface area contributed by atoms with E-state index in [0.29, 0.717) is 0 Å². The van der Waals surface area contributed by atoms with Crippen LogP contribution in [-0.4, -0.2) is 44.2 Å². The molecule has 0 radical (unpaired) electrons. The summed E-state index contributed by atoms with van der Waals surface area (Å²) >= 11 is 0. The van der Waals surface area contributed by atoms with Gasteiger partial charge in [-0.3, -0.25) is 9.13 Å². The van der Waals surface area contributed by atoms with Crippen molar-refractivity contribution in [1.82, 2.24) is 0 Å².